The van der Waals surface area contributed by atoms with Gasteiger partial charge in [-0.3, -0.25) is 4.57 Å². The third-order valence-electron chi connectivity index (χ3n) is 3.05. The SMILES string of the molecule is CCCCOP(=O)(O)C1(N)CCCCC1. The molecule has 90 valence electrons. The lowest BCUT2D eigenvalue weighted by molar-refractivity contribution is 0.213. The van der Waals surface area contributed by atoms with Gasteiger partial charge in [0.05, 0.1) is 6.61 Å². The van der Waals surface area contributed by atoms with Gasteiger partial charge in [-0.05, 0) is 19.3 Å². The maximum absolute atomic E-state index is 12.0. The average Bonchev–Trinajstić information content (AvgIpc) is 2.19. The molecule has 0 aromatic heterocycles. The Morgan fingerprint density at radius 1 is 1.40 bits per heavy atom. The fourth-order valence-corrected chi connectivity index (χ4v) is 3.42. The zero-order valence-corrected chi connectivity index (χ0v) is 10.3. The maximum atomic E-state index is 12.0. The van der Waals surface area contributed by atoms with Gasteiger partial charge in [0.15, 0.2) is 0 Å². The minimum absolute atomic E-state index is 0.337. The smallest absolute Gasteiger partial charge is 0.323 e. The standard InChI is InChI=1S/C10H22NO3P/c1-2-3-9-14-15(12,13)10(11)7-5-4-6-8-10/h2-9,11H2,1H3,(H,12,13). The lowest BCUT2D eigenvalue weighted by atomic mass is 9.96. The molecule has 0 amide bonds. The second-order valence-corrected chi connectivity index (χ2v) is 6.56. The summed E-state index contributed by atoms with van der Waals surface area (Å²) in [4.78, 5) is 9.83. The van der Waals surface area contributed by atoms with Crippen molar-refractivity contribution < 1.29 is 14.0 Å². The van der Waals surface area contributed by atoms with E-state index in [1.165, 1.54) is 0 Å². The molecule has 0 aliphatic heterocycles. The van der Waals surface area contributed by atoms with Gasteiger partial charge >= 0.3 is 7.60 Å². The Morgan fingerprint density at radius 2 is 2.00 bits per heavy atom. The Morgan fingerprint density at radius 3 is 2.53 bits per heavy atom. The van der Waals surface area contributed by atoms with Crippen molar-refractivity contribution in [1.82, 2.24) is 0 Å². The van der Waals surface area contributed by atoms with Gasteiger partial charge in [0.1, 0.15) is 5.28 Å². The maximum Gasteiger partial charge on any atom is 0.347 e. The van der Waals surface area contributed by atoms with E-state index in [-0.39, 0.29) is 0 Å². The number of rotatable bonds is 5. The molecule has 4 nitrogen and oxygen atoms in total. The highest BCUT2D eigenvalue weighted by molar-refractivity contribution is 7.54. The Bertz CT molecular complexity index is 239. The molecule has 0 aromatic carbocycles. The molecule has 1 rings (SSSR count). The third-order valence-corrected chi connectivity index (χ3v) is 5.15. The highest BCUT2D eigenvalue weighted by Crippen LogP contribution is 2.58. The minimum atomic E-state index is -3.63. The quantitative estimate of drug-likeness (QED) is 0.567. The first-order valence-corrected chi connectivity index (χ1v) is 7.36. The molecule has 3 N–H and O–H groups in total. The summed E-state index contributed by atoms with van der Waals surface area (Å²) in [5, 5.41) is -0.987. The van der Waals surface area contributed by atoms with Crippen LogP contribution in [0.4, 0.5) is 0 Å². The molecule has 1 fully saturated rings. The molecular weight excluding hydrogens is 213 g/mol. The minimum Gasteiger partial charge on any atom is -0.323 e. The summed E-state index contributed by atoms with van der Waals surface area (Å²) in [6.07, 6.45) is 5.93. The predicted molar refractivity (Wildman–Crippen MR) is 60.7 cm³/mol. The molecule has 1 aliphatic carbocycles. The molecule has 0 radical (unpaired) electrons. The molecule has 0 saturated heterocycles. The van der Waals surface area contributed by atoms with E-state index in [2.05, 4.69) is 0 Å². The van der Waals surface area contributed by atoms with E-state index in [9.17, 15) is 9.46 Å². The summed E-state index contributed by atoms with van der Waals surface area (Å²) in [6.45, 7) is 2.35. The van der Waals surface area contributed by atoms with E-state index in [4.69, 9.17) is 10.3 Å². The van der Waals surface area contributed by atoms with Crippen LogP contribution >= 0.6 is 7.60 Å². The van der Waals surface area contributed by atoms with Gasteiger partial charge in [0.25, 0.3) is 0 Å². The van der Waals surface area contributed by atoms with Crippen LogP contribution in [0, 0.1) is 0 Å². The Labute approximate surface area is 91.7 Å². The molecule has 0 heterocycles. The van der Waals surface area contributed by atoms with Crippen molar-refractivity contribution in [3.63, 3.8) is 0 Å². The second-order valence-electron chi connectivity index (χ2n) is 4.37. The Kier molecular flexibility index (Phi) is 4.78. The summed E-state index contributed by atoms with van der Waals surface area (Å²) < 4.78 is 17.1. The summed E-state index contributed by atoms with van der Waals surface area (Å²) >= 11 is 0. The van der Waals surface area contributed by atoms with Gasteiger partial charge in [0.2, 0.25) is 0 Å². The van der Waals surface area contributed by atoms with E-state index in [1.807, 2.05) is 6.92 Å². The Balaban J connectivity index is 2.53. The van der Waals surface area contributed by atoms with Crippen molar-refractivity contribution in [2.45, 2.75) is 57.1 Å². The van der Waals surface area contributed by atoms with Gasteiger partial charge in [-0.15, -0.1) is 0 Å². The molecule has 5 heteroatoms. The van der Waals surface area contributed by atoms with Crippen LogP contribution in [0.3, 0.4) is 0 Å². The lowest BCUT2D eigenvalue weighted by Gasteiger charge is -2.35. The van der Waals surface area contributed by atoms with Gasteiger partial charge in [-0.1, -0.05) is 32.6 Å². The van der Waals surface area contributed by atoms with Crippen molar-refractivity contribution in [3.05, 3.63) is 0 Å². The van der Waals surface area contributed by atoms with Gasteiger partial charge in [0, 0.05) is 0 Å². The van der Waals surface area contributed by atoms with Crippen LogP contribution < -0.4 is 5.73 Å². The van der Waals surface area contributed by atoms with Crippen LogP contribution in [0.15, 0.2) is 0 Å². The average molecular weight is 235 g/mol. The number of nitrogens with two attached hydrogens (primary N) is 1. The summed E-state index contributed by atoms with van der Waals surface area (Å²) in [5.74, 6) is 0. The molecule has 1 saturated carbocycles. The van der Waals surface area contributed by atoms with Crippen molar-refractivity contribution in [3.8, 4) is 0 Å². The largest absolute Gasteiger partial charge is 0.347 e. The molecule has 0 aromatic rings. The normalized spacial score (nSPS) is 24.7. The summed E-state index contributed by atoms with van der Waals surface area (Å²) in [7, 11) is -3.63. The van der Waals surface area contributed by atoms with Crippen LogP contribution in [0.2, 0.25) is 0 Å². The second kappa shape index (κ2) is 5.44. The molecule has 1 aliphatic rings. The van der Waals surface area contributed by atoms with Crippen molar-refractivity contribution in [2.75, 3.05) is 6.61 Å². The first-order chi connectivity index (χ1) is 7.02. The highest BCUT2D eigenvalue weighted by atomic mass is 31.2. The molecule has 0 spiro atoms. The van der Waals surface area contributed by atoms with E-state index in [0.29, 0.717) is 19.4 Å². The monoisotopic (exact) mass is 235 g/mol. The lowest BCUT2D eigenvalue weighted by Crippen LogP contribution is -2.41. The molecule has 15 heavy (non-hydrogen) atoms. The van der Waals surface area contributed by atoms with Crippen LogP contribution in [-0.4, -0.2) is 16.8 Å². The topological polar surface area (TPSA) is 72.5 Å². The van der Waals surface area contributed by atoms with Crippen LogP contribution in [0.5, 0.6) is 0 Å². The molecule has 1 atom stereocenters. The van der Waals surface area contributed by atoms with E-state index in [1.54, 1.807) is 0 Å². The van der Waals surface area contributed by atoms with Crippen molar-refractivity contribution in [1.29, 1.82) is 0 Å². The number of unbranched alkanes of at least 4 members (excludes halogenated alkanes) is 1. The van der Waals surface area contributed by atoms with Gasteiger partial charge in [-0.2, -0.15) is 0 Å². The zero-order valence-electron chi connectivity index (χ0n) is 9.45. The molecular formula is C10H22NO3P. The van der Waals surface area contributed by atoms with Crippen LogP contribution in [0.1, 0.15) is 51.9 Å². The highest BCUT2D eigenvalue weighted by Gasteiger charge is 2.45. The fourth-order valence-electron chi connectivity index (χ4n) is 1.91. The Hall–Kier alpha value is 0.110. The van der Waals surface area contributed by atoms with Crippen LogP contribution in [-0.2, 0) is 9.09 Å². The molecule has 0 bridgehead atoms. The summed E-state index contributed by atoms with van der Waals surface area (Å²) in [5.41, 5.74) is 5.98. The van der Waals surface area contributed by atoms with E-state index >= 15 is 0 Å². The summed E-state index contributed by atoms with van der Waals surface area (Å²) in [6, 6.07) is 0. The predicted octanol–water partition coefficient (Wildman–Crippen LogP) is 2.61. The first-order valence-electron chi connectivity index (χ1n) is 5.78. The van der Waals surface area contributed by atoms with E-state index in [0.717, 1.165) is 32.1 Å². The van der Waals surface area contributed by atoms with Crippen LogP contribution in [0.25, 0.3) is 0 Å². The molecule has 1 unspecified atom stereocenters. The van der Waals surface area contributed by atoms with Crippen molar-refractivity contribution >= 4 is 7.60 Å². The third kappa shape index (κ3) is 3.28. The van der Waals surface area contributed by atoms with E-state index < -0.39 is 12.9 Å². The van der Waals surface area contributed by atoms with Crippen molar-refractivity contribution in [2.24, 2.45) is 5.73 Å². The zero-order chi connectivity index (χ0) is 11.4. The first kappa shape index (κ1) is 13.2. The van der Waals surface area contributed by atoms with Gasteiger partial charge < -0.3 is 15.2 Å². The fraction of sp³-hybridized carbons (Fsp3) is 1.00. The number of hydrogen-bond acceptors (Lipinski definition) is 3. The number of hydrogen-bond donors (Lipinski definition) is 2. The van der Waals surface area contributed by atoms with Gasteiger partial charge in [-0.25, -0.2) is 0 Å².